The Morgan fingerprint density at radius 3 is 1.20 bits per heavy atom. The van der Waals surface area contributed by atoms with Gasteiger partial charge in [0.25, 0.3) is 0 Å². The van der Waals surface area contributed by atoms with Crippen LogP contribution >= 0.6 is 0 Å². The lowest BCUT2D eigenvalue weighted by Crippen LogP contribution is -2.01. The van der Waals surface area contributed by atoms with Crippen LogP contribution in [0, 0.1) is 27.7 Å². The van der Waals surface area contributed by atoms with Crippen molar-refractivity contribution in [1.82, 2.24) is 24.1 Å². The zero-order chi connectivity index (χ0) is 43.1. The van der Waals surface area contributed by atoms with Crippen LogP contribution in [0.4, 0.5) is 0 Å². The first kappa shape index (κ1) is 37.5. The van der Waals surface area contributed by atoms with Crippen molar-refractivity contribution in [3.05, 3.63) is 199 Å². The van der Waals surface area contributed by atoms with Crippen molar-refractivity contribution in [2.75, 3.05) is 0 Å². The molecule has 0 aliphatic rings. The van der Waals surface area contributed by atoms with E-state index in [9.17, 15) is 0 Å². The molecule has 0 aliphatic carbocycles. The van der Waals surface area contributed by atoms with Crippen LogP contribution in [0.1, 0.15) is 22.3 Å². The minimum absolute atomic E-state index is 0.625. The Bertz CT molecular complexity index is 3530. The van der Waals surface area contributed by atoms with Gasteiger partial charge in [0.05, 0.1) is 23.6 Å². The van der Waals surface area contributed by atoms with Crippen molar-refractivity contribution in [3.63, 3.8) is 0 Å². The molecule has 7 aromatic carbocycles. The third kappa shape index (κ3) is 6.15. The maximum atomic E-state index is 5.74. The van der Waals surface area contributed by atoms with E-state index in [-0.39, 0.29) is 0 Å². The topological polar surface area (TPSA) is 74.8 Å². The molecule has 64 heavy (non-hydrogen) atoms. The highest BCUT2D eigenvalue weighted by molar-refractivity contribution is 5.97. The Morgan fingerprint density at radius 2 is 0.766 bits per heavy atom. The highest BCUT2D eigenvalue weighted by Gasteiger charge is 2.17. The Hall–Kier alpha value is -8.29. The fourth-order valence-corrected chi connectivity index (χ4v) is 9.32. The summed E-state index contributed by atoms with van der Waals surface area (Å²) in [4.78, 5) is 15.1. The molecule has 0 spiro atoms. The van der Waals surface area contributed by atoms with Crippen LogP contribution < -0.4 is 0 Å². The van der Waals surface area contributed by atoms with Crippen LogP contribution in [0.25, 0.3) is 112 Å². The zero-order valence-electron chi connectivity index (χ0n) is 35.8. The molecule has 0 radical (unpaired) electrons. The predicted molar refractivity (Wildman–Crippen MR) is 259 cm³/mol. The molecule has 5 aromatic heterocycles. The monoisotopic (exact) mass is 827 g/mol. The summed E-state index contributed by atoms with van der Waals surface area (Å²) >= 11 is 0. The van der Waals surface area contributed by atoms with Crippen LogP contribution in [0.15, 0.2) is 185 Å². The van der Waals surface area contributed by atoms with Crippen LogP contribution in [0.5, 0.6) is 0 Å². The number of hydrogen-bond donors (Lipinski definition) is 0. The largest absolute Gasteiger partial charge is 0.464 e. The van der Waals surface area contributed by atoms with E-state index in [0.29, 0.717) is 17.5 Å². The van der Waals surface area contributed by atoms with Crippen molar-refractivity contribution in [2.24, 2.45) is 0 Å². The molecule has 0 amide bonds. The van der Waals surface area contributed by atoms with Gasteiger partial charge in [-0.1, -0.05) is 91.0 Å². The predicted octanol–water partition coefficient (Wildman–Crippen LogP) is 14.8. The number of furan rings is 2. The molecule has 0 unspecified atom stereocenters. The molecule has 0 bridgehead atoms. The molecule has 0 aliphatic heterocycles. The highest BCUT2D eigenvalue weighted by atomic mass is 16.3. The maximum Gasteiger partial charge on any atom is 0.164 e. The van der Waals surface area contributed by atoms with E-state index in [1.807, 2.05) is 42.5 Å². The number of rotatable bonds is 7. The van der Waals surface area contributed by atoms with Gasteiger partial charge in [0.1, 0.15) is 11.2 Å². The van der Waals surface area contributed by atoms with E-state index >= 15 is 0 Å². The van der Waals surface area contributed by atoms with Gasteiger partial charge >= 0.3 is 0 Å². The minimum atomic E-state index is 0.625. The first-order chi connectivity index (χ1) is 31.3. The van der Waals surface area contributed by atoms with Crippen molar-refractivity contribution in [2.45, 2.75) is 27.7 Å². The van der Waals surface area contributed by atoms with E-state index in [4.69, 9.17) is 23.8 Å². The van der Waals surface area contributed by atoms with Crippen LogP contribution in [0.3, 0.4) is 0 Å². The average Bonchev–Trinajstić information content (AvgIpc) is 4.17. The zero-order valence-corrected chi connectivity index (χ0v) is 35.8. The molecule has 12 aromatic rings. The Balaban J connectivity index is 0.856. The second kappa shape index (κ2) is 14.7. The van der Waals surface area contributed by atoms with Crippen molar-refractivity contribution in [1.29, 1.82) is 0 Å². The van der Waals surface area contributed by atoms with Gasteiger partial charge in [0, 0.05) is 74.1 Å². The number of aromatic nitrogens is 5. The standard InChI is InChI=1S/C57H41N5O2/c1-34-36(3)49(61-26-22-43-30-45-24-28-63-53(45)32-51(43)61)20-18-47(34)38-10-14-41(15-11-38)56-58-55(40-8-6-5-7-9-40)59-57(60-56)42-16-12-39(13-17-42)48-19-21-50(37(4)35(48)2)62-27-23-44-31-46-25-29-64-54(46)33-52(44)62/h5-33H,1-4H3. The molecule has 306 valence electrons. The average molecular weight is 828 g/mol. The third-order valence-electron chi connectivity index (χ3n) is 13.1. The Kier molecular flexibility index (Phi) is 8.59. The van der Waals surface area contributed by atoms with Crippen LogP contribution in [-0.4, -0.2) is 24.1 Å². The second-order valence-electron chi connectivity index (χ2n) is 16.7. The normalized spacial score (nSPS) is 11.8. The molecule has 7 heteroatoms. The van der Waals surface area contributed by atoms with Crippen molar-refractivity contribution >= 4 is 43.7 Å². The van der Waals surface area contributed by atoms with Gasteiger partial charge in [-0.15, -0.1) is 0 Å². The lowest BCUT2D eigenvalue weighted by molar-refractivity contribution is 0.616. The first-order valence-corrected chi connectivity index (χ1v) is 21.6. The smallest absolute Gasteiger partial charge is 0.164 e. The van der Waals surface area contributed by atoms with Gasteiger partial charge in [-0.3, -0.25) is 0 Å². The second-order valence-corrected chi connectivity index (χ2v) is 16.7. The summed E-state index contributed by atoms with van der Waals surface area (Å²) in [5, 5.41) is 4.59. The lowest BCUT2D eigenvalue weighted by atomic mass is 9.95. The van der Waals surface area contributed by atoms with Crippen molar-refractivity contribution in [3.8, 4) is 67.8 Å². The molecule has 5 heterocycles. The number of fused-ring (bicyclic) bond motifs is 4. The molecule has 7 nitrogen and oxygen atoms in total. The van der Waals surface area contributed by atoms with Gasteiger partial charge in [-0.25, -0.2) is 15.0 Å². The van der Waals surface area contributed by atoms with Crippen molar-refractivity contribution < 1.29 is 8.83 Å². The van der Waals surface area contributed by atoms with E-state index in [0.717, 1.165) is 72.2 Å². The molecular formula is C57H41N5O2. The molecule has 0 fully saturated rings. The molecule has 0 N–H and O–H groups in total. The molecule has 0 atom stereocenters. The maximum absolute atomic E-state index is 5.74. The van der Waals surface area contributed by atoms with Gasteiger partial charge in [0.2, 0.25) is 0 Å². The molecule has 0 saturated carbocycles. The van der Waals surface area contributed by atoms with Crippen LogP contribution in [0.2, 0.25) is 0 Å². The quantitative estimate of drug-likeness (QED) is 0.160. The summed E-state index contributed by atoms with van der Waals surface area (Å²) in [6.45, 7) is 8.81. The highest BCUT2D eigenvalue weighted by Crippen LogP contribution is 2.36. The Labute approximate surface area is 369 Å². The first-order valence-electron chi connectivity index (χ1n) is 21.6. The molecular weight excluding hydrogens is 787 g/mol. The fraction of sp³-hybridized carbons (Fsp3) is 0.0702. The van der Waals surface area contributed by atoms with Gasteiger partial charge in [-0.05, 0) is 121 Å². The van der Waals surface area contributed by atoms with Crippen LogP contribution in [-0.2, 0) is 0 Å². The van der Waals surface area contributed by atoms with E-state index in [1.54, 1.807) is 12.5 Å². The lowest BCUT2D eigenvalue weighted by Gasteiger charge is -2.16. The van der Waals surface area contributed by atoms with E-state index < -0.39 is 0 Å². The summed E-state index contributed by atoms with van der Waals surface area (Å²) in [7, 11) is 0. The fourth-order valence-electron chi connectivity index (χ4n) is 9.32. The summed E-state index contributed by atoms with van der Waals surface area (Å²) in [5.74, 6) is 1.88. The number of benzene rings is 7. The molecule has 12 rings (SSSR count). The summed E-state index contributed by atoms with van der Waals surface area (Å²) in [6.07, 6.45) is 7.79. The third-order valence-corrected chi connectivity index (χ3v) is 13.1. The molecule has 0 saturated heterocycles. The van der Waals surface area contributed by atoms with Gasteiger partial charge in [-0.2, -0.15) is 0 Å². The van der Waals surface area contributed by atoms with E-state index in [2.05, 4.69) is 158 Å². The SMILES string of the molecule is Cc1c(-c2ccc(-c3nc(-c4ccccc4)nc(-c4ccc(-c5ccc(-n6ccc7cc8ccoc8cc76)c(C)c5C)cc4)n3)cc2)ccc(-n2ccc3cc4ccoc4cc32)c1C. The summed E-state index contributed by atoms with van der Waals surface area (Å²) < 4.78 is 16.0. The minimum Gasteiger partial charge on any atom is -0.464 e. The van der Waals surface area contributed by atoms with Gasteiger partial charge in [0.15, 0.2) is 17.5 Å². The number of nitrogens with zero attached hydrogens (tertiary/aromatic N) is 5. The van der Waals surface area contributed by atoms with E-state index in [1.165, 1.54) is 44.2 Å². The Morgan fingerprint density at radius 1 is 0.359 bits per heavy atom. The van der Waals surface area contributed by atoms with Gasteiger partial charge < -0.3 is 18.0 Å². The number of hydrogen-bond acceptors (Lipinski definition) is 5. The summed E-state index contributed by atoms with van der Waals surface area (Å²) in [5.41, 5.74) is 18.7. The summed E-state index contributed by atoms with van der Waals surface area (Å²) in [6, 6.07) is 53.1.